The van der Waals surface area contributed by atoms with E-state index in [1.807, 2.05) is 0 Å². The van der Waals surface area contributed by atoms with Gasteiger partial charge in [-0.1, -0.05) is 85.6 Å². The Morgan fingerprint density at radius 2 is 0.889 bits per heavy atom. The standard InChI is InChI=1S/2C21H21N.Ir/c2*1-14-7-5-11-18(15(14)2)21-19(16-9-6-10-16)13-17-8-3-4-12-20(17)22-21;/h2*3-5,7-8,11-13,16H,6,9-10H2,1-2H3;/q;;+3. The van der Waals surface area contributed by atoms with E-state index in [1.165, 1.54) is 105 Å². The largest absolute Gasteiger partial charge is 3.00 e. The van der Waals surface area contributed by atoms with Crippen LogP contribution in [0.15, 0.2) is 97.1 Å². The summed E-state index contributed by atoms with van der Waals surface area (Å²) in [6.07, 6.45) is 7.92. The number of para-hydroxylation sites is 2. The van der Waals surface area contributed by atoms with Gasteiger partial charge in [0, 0.05) is 21.9 Å². The number of nitrogens with zero attached hydrogens (tertiary/aromatic N) is 2. The molecular weight excluding hydrogens is 725 g/mol. The third-order valence-corrected chi connectivity index (χ3v) is 10.3. The molecule has 2 aliphatic rings. The zero-order chi connectivity index (χ0) is 30.2. The Morgan fingerprint density at radius 3 is 1.27 bits per heavy atom. The fourth-order valence-electron chi connectivity index (χ4n) is 6.77. The molecule has 2 fully saturated rings. The van der Waals surface area contributed by atoms with Crippen LogP contribution in [-0.4, -0.2) is 9.97 Å². The summed E-state index contributed by atoms with van der Waals surface area (Å²) >= 11 is 0. The SMILES string of the molecule is Cc1cccc(-c2nc3ccccc3cc2C2CCC2)c1C.Cc1cccc(-c2nc3ccccc3cc2C2CCC2)c1C.[Ir+3]. The molecule has 0 N–H and O–H groups in total. The summed E-state index contributed by atoms with van der Waals surface area (Å²) in [5.41, 5.74) is 15.5. The molecule has 0 atom stereocenters. The van der Waals surface area contributed by atoms with Gasteiger partial charge in [0.05, 0.1) is 22.4 Å². The van der Waals surface area contributed by atoms with Crippen molar-refractivity contribution in [1.82, 2.24) is 9.97 Å². The zero-order valence-electron chi connectivity index (χ0n) is 26.9. The van der Waals surface area contributed by atoms with Crippen LogP contribution in [0.2, 0.25) is 0 Å². The third-order valence-electron chi connectivity index (χ3n) is 10.3. The maximum Gasteiger partial charge on any atom is 3.00 e. The van der Waals surface area contributed by atoms with Gasteiger partial charge < -0.3 is 0 Å². The molecule has 8 rings (SSSR count). The number of benzene rings is 4. The monoisotopic (exact) mass is 767 g/mol. The maximum atomic E-state index is 5.05. The Bertz CT molecular complexity index is 1840. The van der Waals surface area contributed by atoms with Crippen LogP contribution in [0.4, 0.5) is 0 Å². The molecule has 2 aromatic heterocycles. The van der Waals surface area contributed by atoms with E-state index < -0.39 is 0 Å². The van der Waals surface area contributed by atoms with Gasteiger partial charge in [0.25, 0.3) is 0 Å². The minimum absolute atomic E-state index is 0. The van der Waals surface area contributed by atoms with Gasteiger partial charge in [-0.3, -0.25) is 0 Å². The molecule has 2 nitrogen and oxygen atoms in total. The molecule has 226 valence electrons. The van der Waals surface area contributed by atoms with Crippen molar-refractivity contribution in [3.63, 3.8) is 0 Å². The minimum atomic E-state index is 0. The molecular formula is C42H42IrN2+3. The average Bonchev–Trinajstić information content (AvgIpc) is 2.98. The van der Waals surface area contributed by atoms with Crippen molar-refractivity contribution in [2.24, 2.45) is 0 Å². The second-order valence-electron chi connectivity index (χ2n) is 13.0. The molecule has 0 amide bonds. The van der Waals surface area contributed by atoms with E-state index in [0.29, 0.717) is 11.8 Å². The van der Waals surface area contributed by atoms with Gasteiger partial charge in [0.2, 0.25) is 0 Å². The molecule has 4 aromatic carbocycles. The first-order valence-electron chi connectivity index (χ1n) is 16.4. The molecule has 2 saturated carbocycles. The van der Waals surface area contributed by atoms with Crippen LogP contribution in [0, 0.1) is 27.7 Å². The summed E-state index contributed by atoms with van der Waals surface area (Å²) < 4.78 is 0. The van der Waals surface area contributed by atoms with Crippen LogP contribution in [0.5, 0.6) is 0 Å². The summed E-state index contributed by atoms with van der Waals surface area (Å²) in [5.74, 6) is 1.37. The van der Waals surface area contributed by atoms with E-state index in [0.717, 1.165) is 11.0 Å². The first-order chi connectivity index (χ1) is 21.5. The third kappa shape index (κ3) is 6.13. The first kappa shape index (κ1) is 31.3. The molecule has 2 heterocycles. The number of pyridine rings is 2. The number of aromatic nitrogens is 2. The van der Waals surface area contributed by atoms with Crippen LogP contribution in [-0.2, 0) is 20.1 Å². The van der Waals surface area contributed by atoms with Crippen molar-refractivity contribution in [3.8, 4) is 22.5 Å². The summed E-state index contributed by atoms with van der Waals surface area (Å²) in [6.45, 7) is 8.80. The van der Waals surface area contributed by atoms with Crippen molar-refractivity contribution in [2.45, 2.75) is 78.1 Å². The predicted octanol–water partition coefficient (Wildman–Crippen LogP) is 11.6. The van der Waals surface area contributed by atoms with E-state index >= 15 is 0 Å². The Morgan fingerprint density at radius 1 is 0.489 bits per heavy atom. The van der Waals surface area contributed by atoms with Gasteiger partial charge in [0.15, 0.2) is 0 Å². The minimum Gasteiger partial charge on any atom is -0.247 e. The van der Waals surface area contributed by atoms with Crippen molar-refractivity contribution in [2.75, 3.05) is 0 Å². The molecule has 6 aromatic rings. The summed E-state index contributed by atoms with van der Waals surface area (Å²) in [6, 6.07) is 34.8. The Hall–Kier alpha value is -3.65. The number of hydrogen-bond acceptors (Lipinski definition) is 2. The first-order valence-corrected chi connectivity index (χ1v) is 16.4. The predicted molar refractivity (Wildman–Crippen MR) is 186 cm³/mol. The van der Waals surface area contributed by atoms with Gasteiger partial charge in [-0.2, -0.15) is 0 Å². The molecule has 0 bridgehead atoms. The molecule has 45 heavy (non-hydrogen) atoms. The Balaban J connectivity index is 0.000000155. The Labute approximate surface area is 281 Å². The second kappa shape index (κ2) is 13.4. The summed E-state index contributed by atoms with van der Waals surface area (Å²) in [4.78, 5) is 10.1. The van der Waals surface area contributed by atoms with Crippen LogP contribution in [0.1, 0.15) is 83.7 Å². The maximum absolute atomic E-state index is 5.05. The second-order valence-corrected chi connectivity index (χ2v) is 13.0. The van der Waals surface area contributed by atoms with E-state index in [-0.39, 0.29) is 20.1 Å². The van der Waals surface area contributed by atoms with Gasteiger partial charge >= 0.3 is 20.1 Å². The van der Waals surface area contributed by atoms with Gasteiger partial charge in [-0.25, -0.2) is 9.97 Å². The van der Waals surface area contributed by atoms with Crippen LogP contribution >= 0.6 is 0 Å². The van der Waals surface area contributed by atoms with Gasteiger partial charge in [-0.15, -0.1) is 0 Å². The molecule has 0 unspecified atom stereocenters. The van der Waals surface area contributed by atoms with E-state index in [1.54, 1.807) is 0 Å². The number of fused-ring (bicyclic) bond motifs is 2. The van der Waals surface area contributed by atoms with Crippen LogP contribution < -0.4 is 0 Å². The van der Waals surface area contributed by atoms with Crippen molar-refractivity contribution in [3.05, 3.63) is 130 Å². The number of rotatable bonds is 4. The zero-order valence-corrected chi connectivity index (χ0v) is 29.3. The smallest absolute Gasteiger partial charge is 0.247 e. The van der Waals surface area contributed by atoms with Crippen LogP contribution in [0.3, 0.4) is 0 Å². The molecule has 0 radical (unpaired) electrons. The fourth-order valence-corrected chi connectivity index (χ4v) is 6.77. The summed E-state index contributed by atoms with van der Waals surface area (Å²) in [7, 11) is 0. The van der Waals surface area contributed by atoms with E-state index in [9.17, 15) is 0 Å². The molecule has 0 saturated heterocycles. The van der Waals surface area contributed by atoms with Gasteiger partial charge in [0.1, 0.15) is 0 Å². The normalized spacial score (nSPS) is 14.7. The topological polar surface area (TPSA) is 25.8 Å². The molecule has 3 heteroatoms. The number of aryl methyl sites for hydroxylation is 2. The average molecular weight is 767 g/mol. The van der Waals surface area contributed by atoms with E-state index in [4.69, 9.17) is 9.97 Å². The number of hydrogen-bond donors (Lipinski definition) is 0. The Kier molecular flexibility index (Phi) is 9.31. The van der Waals surface area contributed by atoms with Crippen molar-refractivity contribution in [1.29, 1.82) is 0 Å². The fraction of sp³-hybridized carbons (Fsp3) is 0.286. The van der Waals surface area contributed by atoms with Crippen molar-refractivity contribution < 1.29 is 20.1 Å². The molecule has 0 aliphatic heterocycles. The van der Waals surface area contributed by atoms with Crippen molar-refractivity contribution >= 4 is 21.8 Å². The quantitative estimate of drug-likeness (QED) is 0.179. The van der Waals surface area contributed by atoms with Crippen LogP contribution in [0.25, 0.3) is 44.3 Å². The van der Waals surface area contributed by atoms with E-state index in [2.05, 4.69) is 125 Å². The molecule has 2 aliphatic carbocycles. The molecule has 0 spiro atoms. The summed E-state index contributed by atoms with van der Waals surface area (Å²) in [5, 5.41) is 2.52. The van der Waals surface area contributed by atoms with Gasteiger partial charge in [-0.05, 0) is 123 Å².